The molecule has 0 spiro atoms. The molecular formula is C40H64O. The molecule has 0 aromatic heterocycles. The van der Waals surface area contributed by atoms with Crippen LogP contribution in [0.3, 0.4) is 0 Å². The summed E-state index contributed by atoms with van der Waals surface area (Å²) in [5.74, 6) is 3.59. The Balaban J connectivity index is 0.00000151. The molecule has 0 aliphatic heterocycles. The number of hydrogen-bond acceptors (Lipinski definition) is 1. The van der Waals surface area contributed by atoms with Gasteiger partial charge in [0.2, 0.25) is 0 Å². The van der Waals surface area contributed by atoms with Gasteiger partial charge in [0.25, 0.3) is 0 Å². The number of allylic oxidation sites excluding steroid dienone is 4. The van der Waals surface area contributed by atoms with Gasteiger partial charge >= 0.3 is 0 Å². The largest absolute Gasteiger partial charge is 0.377 e. The molecule has 0 heterocycles. The lowest BCUT2D eigenvalue weighted by atomic mass is 9.46. The molecule has 1 nitrogen and oxygen atoms in total. The van der Waals surface area contributed by atoms with Crippen LogP contribution in [0.25, 0.3) is 5.57 Å². The van der Waals surface area contributed by atoms with Crippen LogP contribution in [0.4, 0.5) is 0 Å². The monoisotopic (exact) mass is 560 g/mol. The van der Waals surface area contributed by atoms with Crippen molar-refractivity contribution in [2.24, 2.45) is 40.4 Å². The average molecular weight is 561 g/mol. The number of fused-ring (bicyclic) bond motifs is 4. The zero-order valence-electron chi connectivity index (χ0n) is 27.2. The van der Waals surface area contributed by atoms with Gasteiger partial charge in [-0.05, 0) is 111 Å². The zero-order chi connectivity index (χ0) is 29.1. The Labute approximate surface area is 255 Å². The molecule has 1 heteroatoms. The first-order valence-electron chi connectivity index (χ1n) is 16.8. The predicted molar refractivity (Wildman–Crippen MR) is 181 cm³/mol. The van der Waals surface area contributed by atoms with E-state index in [0.29, 0.717) is 23.2 Å². The number of ether oxygens (including phenoxy) is 1. The van der Waals surface area contributed by atoms with E-state index >= 15 is 0 Å². The lowest BCUT2D eigenvalue weighted by Gasteiger charge is -2.61. The van der Waals surface area contributed by atoms with Gasteiger partial charge in [0, 0.05) is 12.5 Å². The summed E-state index contributed by atoms with van der Waals surface area (Å²) in [4.78, 5) is 0. The van der Waals surface area contributed by atoms with Gasteiger partial charge in [-0.1, -0.05) is 122 Å². The lowest BCUT2D eigenvalue weighted by molar-refractivity contribution is -0.201. The Bertz CT molecular complexity index is 1040. The van der Waals surface area contributed by atoms with Gasteiger partial charge in [-0.3, -0.25) is 0 Å². The molecule has 230 valence electrons. The van der Waals surface area contributed by atoms with Crippen molar-refractivity contribution >= 4 is 5.57 Å². The molecule has 4 aliphatic rings. The van der Waals surface area contributed by atoms with Gasteiger partial charge in [-0.2, -0.15) is 0 Å². The van der Waals surface area contributed by atoms with Crippen LogP contribution in [0.1, 0.15) is 132 Å². The van der Waals surface area contributed by atoms with E-state index in [9.17, 15) is 0 Å². The average Bonchev–Trinajstić information content (AvgIpc) is 3.48. The molecule has 2 bridgehead atoms. The highest BCUT2D eigenvalue weighted by Crippen LogP contribution is 2.77. The minimum atomic E-state index is -0.00832. The van der Waals surface area contributed by atoms with E-state index in [2.05, 4.69) is 77.8 Å². The second-order valence-electron chi connectivity index (χ2n) is 14.2. The summed E-state index contributed by atoms with van der Waals surface area (Å²) in [5, 5.41) is 0. The number of methoxy groups -OCH3 is 1. The molecule has 1 aromatic rings. The first-order chi connectivity index (χ1) is 19.2. The molecule has 7 atom stereocenters. The fraction of sp³-hybridized carbons (Fsp3) is 0.700. The van der Waals surface area contributed by atoms with E-state index in [4.69, 9.17) is 11.3 Å². The highest BCUT2D eigenvalue weighted by atomic mass is 16.5. The van der Waals surface area contributed by atoms with Crippen molar-refractivity contribution in [3.8, 4) is 0 Å². The van der Waals surface area contributed by atoms with Crippen LogP contribution in [0.5, 0.6) is 0 Å². The summed E-state index contributed by atoms with van der Waals surface area (Å²) in [6.45, 7) is 23.0. The molecule has 0 amide bonds. The number of benzene rings is 1. The number of hydrogen-bond donors (Lipinski definition) is 0. The van der Waals surface area contributed by atoms with Gasteiger partial charge in [0.05, 0.1) is 5.60 Å². The molecule has 4 saturated carbocycles. The summed E-state index contributed by atoms with van der Waals surface area (Å²) in [6, 6.07) is 10.9. The quantitative estimate of drug-likeness (QED) is 0.215. The second-order valence-corrected chi connectivity index (χ2v) is 14.2. The molecular weight excluding hydrogens is 496 g/mol. The van der Waals surface area contributed by atoms with Gasteiger partial charge in [0.1, 0.15) is 0 Å². The summed E-state index contributed by atoms with van der Waals surface area (Å²) in [7, 11) is 2.06. The molecule has 0 radical (unpaired) electrons. The third kappa shape index (κ3) is 5.83. The maximum Gasteiger partial charge on any atom is 0.0771 e. The third-order valence-corrected chi connectivity index (χ3v) is 12.4. The molecule has 1 aromatic carbocycles. The van der Waals surface area contributed by atoms with Crippen LogP contribution in [-0.4, -0.2) is 12.7 Å². The minimum absolute atomic E-state index is 0. The molecule has 0 saturated heterocycles. The van der Waals surface area contributed by atoms with Crippen molar-refractivity contribution in [3.05, 3.63) is 66.3 Å². The maximum absolute atomic E-state index is 6.91. The normalized spacial score (nSPS) is 36.5. The van der Waals surface area contributed by atoms with Crippen molar-refractivity contribution in [2.45, 2.75) is 132 Å². The first-order valence-corrected chi connectivity index (χ1v) is 16.8. The Morgan fingerprint density at radius 2 is 1.68 bits per heavy atom. The van der Waals surface area contributed by atoms with Gasteiger partial charge < -0.3 is 4.74 Å². The highest BCUT2D eigenvalue weighted by Gasteiger charge is 2.74. The fourth-order valence-corrected chi connectivity index (χ4v) is 10.7. The predicted octanol–water partition coefficient (Wildman–Crippen LogP) is 12.1. The standard InChI is InChI=1S/C37H54O.C2H6.CH4/c1-8-26(2)22-32-24-36(31-17-13-10-14-18-31)25-37(32,38-7)35(6)20-19-28(4)34(35)33(36)23-27(3)21-29(5)30-15-11-9-12-16-30;1-2;/h9,11-12,15-16,21,28,31-34H,2-3,8,10,13-14,17-20,22-25H2,1,4-7H3;1-2H3;1H4/b29-21+;;/t28?,32?,33-,34?,35?,36?,37?;;/m0../s1. The van der Waals surface area contributed by atoms with Crippen molar-refractivity contribution < 1.29 is 4.74 Å². The molecule has 0 N–H and O–H groups in total. The van der Waals surface area contributed by atoms with E-state index in [1.165, 1.54) is 80.1 Å². The first kappa shape index (κ1) is 33.9. The SMILES string of the molecule is C.C=C(/C=C(\C)c1ccccc1)C[C@H]1C2C(C)CCC2(C)C2(OC)CC1(C1CCCCC1)CC2CC(=C)CC.CC. The minimum Gasteiger partial charge on any atom is -0.377 e. The van der Waals surface area contributed by atoms with Crippen LogP contribution < -0.4 is 0 Å². The Hall–Kier alpha value is -1.60. The fourth-order valence-electron chi connectivity index (χ4n) is 10.7. The summed E-state index contributed by atoms with van der Waals surface area (Å²) < 4.78 is 6.91. The highest BCUT2D eigenvalue weighted by molar-refractivity contribution is 5.66. The molecule has 4 aliphatic carbocycles. The number of rotatable bonds is 9. The van der Waals surface area contributed by atoms with E-state index in [1.54, 1.807) is 0 Å². The Kier molecular flexibility index (Phi) is 11.4. The molecule has 5 rings (SSSR count). The van der Waals surface area contributed by atoms with E-state index in [1.807, 2.05) is 13.8 Å². The Morgan fingerprint density at radius 1 is 1.02 bits per heavy atom. The Morgan fingerprint density at radius 3 is 2.29 bits per heavy atom. The lowest BCUT2D eigenvalue weighted by Crippen LogP contribution is -2.60. The van der Waals surface area contributed by atoms with Crippen molar-refractivity contribution in [2.75, 3.05) is 7.11 Å². The van der Waals surface area contributed by atoms with Gasteiger partial charge in [0.15, 0.2) is 0 Å². The van der Waals surface area contributed by atoms with Crippen LogP contribution in [-0.2, 0) is 4.74 Å². The van der Waals surface area contributed by atoms with E-state index < -0.39 is 0 Å². The zero-order valence-corrected chi connectivity index (χ0v) is 27.2. The van der Waals surface area contributed by atoms with E-state index in [-0.39, 0.29) is 18.4 Å². The second kappa shape index (κ2) is 13.8. The van der Waals surface area contributed by atoms with Crippen LogP contribution in [0.15, 0.2) is 60.7 Å². The summed E-state index contributed by atoms with van der Waals surface area (Å²) in [6.07, 6.45) is 18.1. The topological polar surface area (TPSA) is 9.23 Å². The molecule has 4 fully saturated rings. The summed E-state index contributed by atoms with van der Waals surface area (Å²) >= 11 is 0. The van der Waals surface area contributed by atoms with Crippen LogP contribution in [0.2, 0.25) is 0 Å². The third-order valence-electron chi connectivity index (χ3n) is 12.4. The molecule has 6 unspecified atom stereocenters. The smallest absolute Gasteiger partial charge is 0.0771 e. The molecule has 41 heavy (non-hydrogen) atoms. The van der Waals surface area contributed by atoms with Gasteiger partial charge in [-0.25, -0.2) is 0 Å². The van der Waals surface area contributed by atoms with Crippen molar-refractivity contribution in [1.29, 1.82) is 0 Å². The van der Waals surface area contributed by atoms with E-state index in [0.717, 1.165) is 31.1 Å². The van der Waals surface area contributed by atoms with Crippen molar-refractivity contribution in [1.82, 2.24) is 0 Å². The summed E-state index contributed by atoms with van der Waals surface area (Å²) in [5.41, 5.74) is 6.01. The maximum atomic E-state index is 6.91. The van der Waals surface area contributed by atoms with Crippen LogP contribution >= 0.6 is 0 Å². The van der Waals surface area contributed by atoms with Crippen molar-refractivity contribution in [3.63, 3.8) is 0 Å². The van der Waals surface area contributed by atoms with Crippen LogP contribution in [0, 0.1) is 40.4 Å². The van der Waals surface area contributed by atoms with Gasteiger partial charge in [-0.15, -0.1) is 0 Å².